The number of anilines is 2. The number of hydrogen-bond donors (Lipinski definition) is 1. The van der Waals surface area contributed by atoms with Crippen LogP contribution in [-0.2, 0) is 16.0 Å². The number of benzene rings is 2. The predicted octanol–water partition coefficient (Wildman–Crippen LogP) is 2.68. The van der Waals surface area contributed by atoms with Gasteiger partial charge in [-0.05, 0) is 43.5 Å². The maximum absolute atomic E-state index is 12.6. The van der Waals surface area contributed by atoms with Gasteiger partial charge in [-0.2, -0.15) is 0 Å². The van der Waals surface area contributed by atoms with Gasteiger partial charge in [-0.15, -0.1) is 0 Å². The second-order valence-electron chi connectivity index (χ2n) is 8.59. The van der Waals surface area contributed by atoms with Crippen LogP contribution in [0.3, 0.4) is 0 Å². The van der Waals surface area contributed by atoms with Crippen LogP contribution in [0.2, 0.25) is 0 Å². The molecule has 31 heavy (non-hydrogen) atoms. The average Bonchev–Trinajstić information content (AvgIpc) is 2.78. The van der Waals surface area contributed by atoms with Crippen LogP contribution in [0.15, 0.2) is 54.6 Å². The van der Waals surface area contributed by atoms with E-state index in [1.165, 1.54) is 0 Å². The number of nitrogens with one attached hydrogen (secondary N) is 1. The number of fused-ring (bicyclic) bond motifs is 1. The highest BCUT2D eigenvalue weighted by molar-refractivity contribution is 6.03. The Labute approximate surface area is 184 Å². The molecule has 1 fully saturated rings. The van der Waals surface area contributed by atoms with Gasteiger partial charge in [0.2, 0.25) is 11.8 Å². The molecule has 6 heteroatoms. The van der Waals surface area contributed by atoms with Crippen LogP contribution < -0.4 is 15.1 Å². The van der Waals surface area contributed by atoms with Crippen molar-refractivity contribution in [3.8, 4) is 0 Å². The van der Waals surface area contributed by atoms with Gasteiger partial charge in [0.25, 0.3) is 0 Å². The molecule has 0 aliphatic carbocycles. The Balaban J connectivity index is 1.19. The summed E-state index contributed by atoms with van der Waals surface area (Å²) in [6.07, 6.45) is 3.37. The highest BCUT2D eigenvalue weighted by Crippen LogP contribution is 2.32. The molecule has 2 aromatic rings. The van der Waals surface area contributed by atoms with E-state index in [2.05, 4.69) is 16.3 Å². The third-order valence-corrected chi connectivity index (χ3v) is 6.27. The van der Waals surface area contributed by atoms with Crippen LogP contribution in [0.4, 0.5) is 11.4 Å². The fourth-order valence-electron chi connectivity index (χ4n) is 4.58. The third kappa shape index (κ3) is 5.44. The molecule has 0 unspecified atom stereocenters. The van der Waals surface area contributed by atoms with Crippen molar-refractivity contribution in [2.45, 2.75) is 31.7 Å². The molecule has 0 aromatic heterocycles. The van der Waals surface area contributed by atoms with Crippen molar-refractivity contribution < 1.29 is 9.59 Å². The maximum Gasteiger partial charge on any atom is 0.246 e. The molecule has 4 rings (SSSR count). The summed E-state index contributed by atoms with van der Waals surface area (Å²) in [7, 11) is 1.97. The molecule has 1 saturated heterocycles. The van der Waals surface area contributed by atoms with Gasteiger partial charge in [0.1, 0.15) is 0 Å². The van der Waals surface area contributed by atoms with Crippen LogP contribution in [0.25, 0.3) is 0 Å². The predicted molar refractivity (Wildman–Crippen MR) is 124 cm³/mol. The molecule has 1 N–H and O–H groups in total. The number of para-hydroxylation sites is 2. The van der Waals surface area contributed by atoms with Gasteiger partial charge in [0, 0.05) is 32.7 Å². The molecule has 0 radical (unpaired) electrons. The van der Waals surface area contributed by atoms with E-state index in [4.69, 9.17) is 0 Å². The Morgan fingerprint density at radius 2 is 1.65 bits per heavy atom. The minimum Gasteiger partial charge on any atom is -0.364 e. The third-order valence-electron chi connectivity index (χ3n) is 6.27. The first-order chi connectivity index (χ1) is 15.1. The fourth-order valence-corrected chi connectivity index (χ4v) is 4.58. The molecular formula is C25H32N4O2. The Bertz CT molecular complexity index is 893. The lowest BCUT2D eigenvalue weighted by atomic mass is 10.0. The molecule has 2 heterocycles. The first-order valence-corrected chi connectivity index (χ1v) is 11.3. The minimum absolute atomic E-state index is 0.108. The molecule has 2 aliphatic heterocycles. The van der Waals surface area contributed by atoms with Crippen LogP contribution in [0, 0.1) is 0 Å². The lowest BCUT2D eigenvalue weighted by Crippen LogP contribution is -2.47. The van der Waals surface area contributed by atoms with Crippen LogP contribution >= 0.6 is 0 Å². The van der Waals surface area contributed by atoms with E-state index in [9.17, 15) is 9.59 Å². The maximum atomic E-state index is 12.6. The fraction of sp³-hybridized carbons (Fsp3) is 0.440. The van der Waals surface area contributed by atoms with Crippen LogP contribution in [0.5, 0.6) is 0 Å². The van der Waals surface area contributed by atoms with Gasteiger partial charge >= 0.3 is 0 Å². The summed E-state index contributed by atoms with van der Waals surface area (Å²) in [6.45, 7) is 4.14. The summed E-state index contributed by atoms with van der Waals surface area (Å²) in [5.74, 6) is 0.276. The van der Waals surface area contributed by atoms with Gasteiger partial charge < -0.3 is 20.0 Å². The summed E-state index contributed by atoms with van der Waals surface area (Å²) in [6, 6.07) is 18.3. The molecule has 2 aliphatic rings. The monoisotopic (exact) mass is 420 g/mol. The van der Waals surface area contributed by atoms with Crippen molar-refractivity contribution in [3.63, 3.8) is 0 Å². The zero-order chi connectivity index (χ0) is 21.6. The average molecular weight is 421 g/mol. The quantitative estimate of drug-likeness (QED) is 0.748. The van der Waals surface area contributed by atoms with Crippen LogP contribution in [0.1, 0.15) is 24.8 Å². The summed E-state index contributed by atoms with van der Waals surface area (Å²) in [5.41, 5.74) is 3.19. The Kier molecular flexibility index (Phi) is 6.87. The van der Waals surface area contributed by atoms with E-state index in [1.807, 2.05) is 65.4 Å². The zero-order valence-corrected chi connectivity index (χ0v) is 18.3. The first-order valence-electron chi connectivity index (χ1n) is 11.3. The highest BCUT2D eigenvalue weighted by atomic mass is 16.2. The summed E-state index contributed by atoms with van der Waals surface area (Å²) in [5, 5.41) is 3.19. The lowest BCUT2D eigenvalue weighted by molar-refractivity contribution is -0.121. The Hall–Kier alpha value is -2.86. The molecule has 0 saturated carbocycles. The van der Waals surface area contributed by atoms with Crippen molar-refractivity contribution in [2.24, 2.45) is 0 Å². The van der Waals surface area contributed by atoms with Gasteiger partial charge in [-0.25, -0.2) is 0 Å². The SMILES string of the molecule is CN1CC(=O)N(CCCN2CCC(NC(=O)Cc3ccccc3)CC2)c2ccccc21. The van der Waals surface area contributed by atoms with Crippen LogP contribution in [-0.4, -0.2) is 62.5 Å². The van der Waals surface area contributed by atoms with Gasteiger partial charge in [-0.1, -0.05) is 42.5 Å². The Morgan fingerprint density at radius 1 is 0.968 bits per heavy atom. The number of hydrogen-bond acceptors (Lipinski definition) is 4. The second kappa shape index (κ2) is 9.96. The number of nitrogens with zero attached hydrogens (tertiary/aromatic N) is 3. The molecule has 0 spiro atoms. The van der Waals surface area contributed by atoms with Crippen molar-refractivity contribution in [1.82, 2.24) is 10.2 Å². The number of carbonyl (C=O) groups excluding carboxylic acids is 2. The van der Waals surface area contributed by atoms with Crippen molar-refractivity contribution >= 4 is 23.2 Å². The van der Waals surface area contributed by atoms with E-state index in [0.717, 1.165) is 62.4 Å². The molecule has 2 aromatic carbocycles. The molecule has 164 valence electrons. The van der Waals surface area contributed by atoms with Gasteiger partial charge in [-0.3, -0.25) is 9.59 Å². The normalized spacial score (nSPS) is 17.5. The molecule has 0 bridgehead atoms. The van der Waals surface area contributed by atoms with E-state index < -0.39 is 0 Å². The molecule has 2 amide bonds. The number of rotatable bonds is 7. The first kappa shape index (κ1) is 21.4. The van der Waals surface area contributed by atoms with E-state index in [1.54, 1.807) is 0 Å². The number of piperidine rings is 1. The number of carbonyl (C=O) groups is 2. The van der Waals surface area contributed by atoms with Crippen molar-refractivity contribution in [3.05, 3.63) is 60.2 Å². The lowest BCUT2D eigenvalue weighted by Gasteiger charge is -2.36. The Morgan fingerprint density at radius 3 is 2.39 bits per heavy atom. The second-order valence-corrected chi connectivity index (χ2v) is 8.59. The minimum atomic E-state index is 0.108. The topological polar surface area (TPSA) is 55.9 Å². The van der Waals surface area contributed by atoms with Crippen molar-refractivity contribution in [2.75, 3.05) is 49.6 Å². The standard InChI is InChI=1S/C25H32N4O2/c1-27-19-25(31)29(23-11-6-5-10-22(23)27)15-7-14-28-16-12-21(13-17-28)26-24(30)18-20-8-3-2-4-9-20/h2-6,8-11,21H,7,12-19H2,1H3,(H,26,30). The molecule has 0 atom stereocenters. The molecule has 6 nitrogen and oxygen atoms in total. The summed E-state index contributed by atoms with van der Waals surface area (Å²) < 4.78 is 0. The largest absolute Gasteiger partial charge is 0.364 e. The zero-order valence-electron chi connectivity index (χ0n) is 18.3. The summed E-state index contributed by atoms with van der Waals surface area (Å²) in [4.78, 5) is 31.3. The number of likely N-dealkylation sites (tertiary alicyclic amines) is 1. The highest BCUT2D eigenvalue weighted by Gasteiger charge is 2.27. The van der Waals surface area contributed by atoms with E-state index >= 15 is 0 Å². The number of likely N-dealkylation sites (N-methyl/N-ethyl adjacent to an activating group) is 1. The van der Waals surface area contributed by atoms with E-state index in [-0.39, 0.29) is 17.9 Å². The number of amides is 2. The smallest absolute Gasteiger partial charge is 0.246 e. The van der Waals surface area contributed by atoms with Gasteiger partial charge in [0.05, 0.1) is 24.3 Å². The van der Waals surface area contributed by atoms with Gasteiger partial charge in [0.15, 0.2) is 0 Å². The molecular weight excluding hydrogens is 388 g/mol. The van der Waals surface area contributed by atoms with Crippen molar-refractivity contribution in [1.29, 1.82) is 0 Å². The van der Waals surface area contributed by atoms with E-state index in [0.29, 0.717) is 13.0 Å². The summed E-state index contributed by atoms with van der Waals surface area (Å²) >= 11 is 0.